The number of rotatable bonds is 2. The van der Waals surface area contributed by atoms with Crippen LogP contribution < -0.4 is 0 Å². The van der Waals surface area contributed by atoms with Gasteiger partial charge in [0.25, 0.3) is 0 Å². The van der Waals surface area contributed by atoms with Crippen molar-refractivity contribution < 1.29 is 9.59 Å². The lowest BCUT2D eigenvalue weighted by Crippen LogP contribution is -2.35. The number of carbonyl (C=O) groups is 2. The minimum absolute atomic E-state index is 0.0446. The second kappa shape index (κ2) is 3.54. The monoisotopic (exact) mass is 220 g/mol. The predicted octanol–water partition coefficient (Wildman–Crippen LogP) is 2.77. The summed E-state index contributed by atoms with van der Waals surface area (Å²) in [6, 6.07) is 0. The topological polar surface area (TPSA) is 34.1 Å². The van der Waals surface area contributed by atoms with Crippen LogP contribution in [0.3, 0.4) is 0 Å². The van der Waals surface area contributed by atoms with Gasteiger partial charge in [-0.15, -0.1) is 0 Å². The predicted molar refractivity (Wildman–Crippen MR) is 62.9 cm³/mol. The summed E-state index contributed by atoms with van der Waals surface area (Å²) >= 11 is 0. The molecule has 0 aromatic carbocycles. The highest BCUT2D eigenvalue weighted by atomic mass is 16.1. The normalized spacial score (nSPS) is 40.8. The van der Waals surface area contributed by atoms with E-state index < -0.39 is 5.41 Å². The highest BCUT2D eigenvalue weighted by molar-refractivity contribution is 5.88. The number of hydrogen-bond acceptors (Lipinski definition) is 2. The van der Waals surface area contributed by atoms with Crippen molar-refractivity contribution in [3.05, 3.63) is 12.2 Å². The fourth-order valence-corrected chi connectivity index (χ4v) is 3.17. The lowest BCUT2D eigenvalue weighted by atomic mass is 9.66. The largest absolute Gasteiger partial charge is 0.303 e. The maximum atomic E-state index is 12.3. The summed E-state index contributed by atoms with van der Waals surface area (Å²) in [5.41, 5.74) is -0.353. The molecule has 0 spiro atoms. The third kappa shape index (κ3) is 1.55. The lowest BCUT2D eigenvalue weighted by Gasteiger charge is -2.36. The summed E-state index contributed by atoms with van der Waals surface area (Å²) in [4.78, 5) is 23.1. The Kier molecular flexibility index (Phi) is 2.56. The Hall–Kier alpha value is -0.920. The Morgan fingerprint density at radius 2 is 2.12 bits per heavy atom. The average molecular weight is 220 g/mol. The van der Waals surface area contributed by atoms with E-state index >= 15 is 0 Å². The van der Waals surface area contributed by atoms with Crippen LogP contribution in [0.1, 0.15) is 40.0 Å². The Labute approximate surface area is 97.1 Å². The fourth-order valence-electron chi connectivity index (χ4n) is 3.17. The lowest BCUT2D eigenvalue weighted by molar-refractivity contribution is -0.128. The molecule has 3 aliphatic rings. The number of fused-ring (bicyclic) bond motifs is 3. The second-order valence-electron chi connectivity index (χ2n) is 6.17. The third-order valence-corrected chi connectivity index (χ3v) is 4.66. The van der Waals surface area contributed by atoms with Gasteiger partial charge in [0.1, 0.15) is 12.1 Å². The zero-order chi connectivity index (χ0) is 12.0. The average Bonchev–Trinajstić information content (AvgIpc) is 2.31. The third-order valence-electron chi connectivity index (χ3n) is 4.66. The van der Waals surface area contributed by atoms with Gasteiger partial charge in [0, 0.05) is 18.3 Å². The van der Waals surface area contributed by atoms with E-state index in [9.17, 15) is 9.59 Å². The molecule has 3 aliphatic carbocycles. The molecule has 2 heteroatoms. The molecule has 0 unspecified atom stereocenters. The van der Waals surface area contributed by atoms with Gasteiger partial charge in [-0.1, -0.05) is 26.0 Å². The Morgan fingerprint density at radius 1 is 1.44 bits per heavy atom. The van der Waals surface area contributed by atoms with Gasteiger partial charge in [-0.3, -0.25) is 4.79 Å². The first-order chi connectivity index (χ1) is 7.40. The molecule has 0 aromatic heterocycles. The van der Waals surface area contributed by atoms with Crippen LogP contribution in [0.2, 0.25) is 0 Å². The minimum Gasteiger partial charge on any atom is -0.303 e. The second-order valence-corrected chi connectivity index (χ2v) is 6.17. The molecule has 0 saturated heterocycles. The van der Waals surface area contributed by atoms with Gasteiger partial charge in [0.15, 0.2) is 0 Å². The summed E-state index contributed by atoms with van der Waals surface area (Å²) in [7, 11) is 0. The van der Waals surface area contributed by atoms with Crippen molar-refractivity contribution in [2.45, 2.75) is 40.0 Å². The molecule has 0 N–H and O–H groups in total. The SMILES string of the molecule is CC1(C)CC(=O)[C@@]2(C)C=C[C@@H]1C[C@@H]2CC=O. The van der Waals surface area contributed by atoms with Crippen molar-refractivity contribution in [3.8, 4) is 0 Å². The summed E-state index contributed by atoms with van der Waals surface area (Å²) in [5.74, 6) is 0.951. The number of hydrogen-bond donors (Lipinski definition) is 0. The van der Waals surface area contributed by atoms with Crippen LogP contribution in [0.15, 0.2) is 12.2 Å². The number of Topliss-reactive ketones (excluding diaryl/α,β-unsaturated/α-hetero) is 1. The van der Waals surface area contributed by atoms with Gasteiger partial charge in [-0.25, -0.2) is 0 Å². The van der Waals surface area contributed by atoms with Crippen LogP contribution in [-0.4, -0.2) is 12.1 Å². The van der Waals surface area contributed by atoms with Gasteiger partial charge in [0.05, 0.1) is 0 Å². The first-order valence-corrected chi connectivity index (χ1v) is 6.06. The number of ketones is 1. The summed E-state index contributed by atoms with van der Waals surface area (Å²) in [6.07, 6.45) is 7.35. The highest BCUT2D eigenvalue weighted by Crippen LogP contribution is 2.52. The Balaban J connectivity index is 2.42. The molecule has 0 aliphatic heterocycles. The van der Waals surface area contributed by atoms with Gasteiger partial charge in [-0.2, -0.15) is 0 Å². The summed E-state index contributed by atoms with van der Waals surface area (Å²) < 4.78 is 0. The summed E-state index contributed by atoms with van der Waals surface area (Å²) in [6.45, 7) is 6.32. The smallest absolute Gasteiger partial charge is 0.143 e. The molecule has 16 heavy (non-hydrogen) atoms. The van der Waals surface area contributed by atoms with E-state index in [0.29, 0.717) is 24.5 Å². The standard InChI is InChI=1S/C14H20O2/c1-13(2)9-12(16)14(3)6-4-10(13)8-11(14)5-7-15/h4,6-7,10-11H,5,8-9H2,1-3H3/t10-,11+,14+/m1/s1. The van der Waals surface area contributed by atoms with Crippen molar-refractivity contribution in [2.75, 3.05) is 0 Å². The molecule has 1 saturated carbocycles. The maximum Gasteiger partial charge on any atom is 0.143 e. The molecule has 2 bridgehead atoms. The van der Waals surface area contributed by atoms with Gasteiger partial charge >= 0.3 is 0 Å². The molecule has 3 rings (SSSR count). The molecule has 0 heterocycles. The Bertz CT molecular complexity index is 354. The van der Waals surface area contributed by atoms with E-state index in [0.717, 1.165) is 12.7 Å². The van der Waals surface area contributed by atoms with E-state index in [2.05, 4.69) is 26.0 Å². The van der Waals surface area contributed by atoms with Crippen LogP contribution in [0.25, 0.3) is 0 Å². The van der Waals surface area contributed by atoms with E-state index in [1.807, 2.05) is 6.92 Å². The van der Waals surface area contributed by atoms with Crippen molar-refractivity contribution in [1.82, 2.24) is 0 Å². The quantitative estimate of drug-likeness (QED) is 0.529. The molecule has 0 radical (unpaired) electrons. The van der Waals surface area contributed by atoms with Crippen LogP contribution >= 0.6 is 0 Å². The molecule has 3 atom stereocenters. The van der Waals surface area contributed by atoms with Crippen LogP contribution in [0, 0.1) is 22.7 Å². The first-order valence-electron chi connectivity index (χ1n) is 6.06. The van der Waals surface area contributed by atoms with Crippen LogP contribution in [0.4, 0.5) is 0 Å². The van der Waals surface area contributed by atoms with Gasteiger partial charge in [0.2, 0.25) is 0 Å². The van der Waals surface area contributed by atoms with Crippen molar-refractivity contribution in [2.24, 2.45) is 22.7 Å². The molecular weight excluding hydrogens is 200 g/mol. The van der Waals surface area contributed by atoms with Crippen molar-refractivity contribution in [1.29, 1.82) is 0 Å². The van der Waals surface area contributed by atoms with Crippen molar-refractivity contribution >= 4 is 12.1 Å². The van der Waals surface area contributed by atoms with E-state index in [1.54, 1.807) is 0 Å². The molecule has 1 fully saturated rings. The van der Waals surface area contributed by atoms with E-state index in [1.165, 1.54) is 0 Å². The summed E-state index contributed by atoms with van der Waals surface area (Å²) in [5, 5.41) is 0. The number of aldehydes is 1. The molecule has 0 aromatic rings. The Morgan fingerprint density at radius 3 is 2.75 bits per heavy atom. The molecule has 0 amide bonds. The van der Waals surface area contributed by atoms with Crippen LogP contribution in [-0.2, 0) is 9.59 Å². The van der Waals surface area contributed by atoms with Gasteiger partial charge in [-0.05, 0) is 30.6 Å². The highest BCUT2D eigenvalue weighted by Gasteiger charge is 2.49. The molecule has 2 nitrogen and oxygen atoms in total. The first kappa shape index (κ1) is 11.6. The molecular formula is C14H20O2. The van der Waals surface area contributed by atoms with E-state index in [-0.39, 0.29) is 11.3 Å². The zero-order valence-electron chi connectivity index (χ0n) is 10.3. The maximum absolute atomic E-state index is 12.3. The zero-order valence-corrected chi connectivity index (χ0v) is 10.3. The van der Waals surface area contributed by atoms with Gasteiger partial charge < -0.3 is 4.79 Å². The minimum atomic E-state index is -0.398. The fraction of sp³-hybridized carbons (Fsp3) is 0.714. The number of carbonyl (C=O) groups excluding carboxylic acids is 2. The molecule has 88 valence electrons. The number of allylic oxidation sites excluding steroid dienone is 2. The van der Waals surface area contributed by atoms with E-state index in [4.69, 9.17) is 0 Å². The van der Waals surface area contributed by atoms with Crippen LogP contribution in [0.5, 0.6) is 0 Å². The van der Waals surface area contributed by atoms with Crippen molar-refractivity contribution in [3.63, 3.8) is 0 Å².